The molecule has 0 spiro atoms. The summed E-state index contributed by atoms with van der Waals surface area (Å²) in [6.07, 6.45) is 0.788. The Labute approximate surface area is 127 Å². The highest BCUT2D eigenvalue weighted by Gasteiger charge is 2.19. The van der Waals surface area contributed by atoms with Gasteiger partial charge in [0.25, 0.3) is 5.56 Å². The molecule has 0 saturated carbocycles. The fourth-order valence-corrected chi connectivity index (χ4v) is 2.70. The van der Waals surface area contributed by atoms with Gasteiger partial charge in [-0.2, -0.15) is 0 Å². The van der Waals surface area contributed by atoms with E-state index in [1.165, 1.54) is 16.3 Å². The molecular formula is C15H18N2O3S. The predicted molar refractivity (Wildman–Crippen MR) is 83.6 cm³/mol. The minimum absolute atomic E-state index is 0.114. The van der Waals surface area contributed by atoms with Crippen molar-refractivity contribution in [2.24, 2.45) is 7.05 Å². The third kappa shape index (κ3) is 3.44. The first-order chi connectivity index (χ1) is 10.0. The molecule has 0 N–H and O–H groups in total. The summed E-state index contributed by atoms with van der Waals surface area (Å²) in [5, 5.41) is 0.682. The van der Waals surface area contributed by atoms with Gasteiger partial charge in [0.1, 0.15) is 5.25 Å². The molecule has 0 saturated heterocycles. The Morgan fingerprint density at radius 2 is 2.14 bits per heavy atom. The van der Waals surface area contributed by atoms with Crippen molar-refractivity contribution in [2.75, 3.05) is 6.61 Å². The predicted octanol–water partition coefficient (Wildman–Crippen LogP) is 2.37. The molecule has 1 atom stereocenters. The number of carbonyl (C=O) groups excluding carboxylic acids is 1. The smallest absolute Gasteiger partial charge is 0.319 e. The number of thioether (sulfide) groups is 1. The minimum atomic E-state index is -0.407. The van der Waals surface area contributed by atoms with Crippen molar-refractivity contribution in [1.82, 2.24) is 9.55 Å². The third-order valence-electron chi connectivity index (χ3n) is 3.00. The van der Waals surface area contributed by atoms with Crippen LogP contribution in [-0.4, -0.2) is 27.4 Å². The Morgan fingerprint density at radius 1 is 1.43 bits per heavy atom. The second-order valence-corrected chi connectivity index (χ2v) is 6.01. The van der Waals surface area contributed by atoms with Gasteiger partial charge in [-0.1, -0.05) is 30.8 Å². The molecule has 6 heteroatoms. The highest BCUT2D eigenvalue weighted by atomic mass is 32.2. The van der Waals surface area contributed by atoms with Gasteiger partial charge in [-0.05, 0) is 25.5 Å². The number of benzene rings is 1. The molecule has 112 valence electrons. The van der Waals surface area contributed by atoms with Crippen molar-refractivity contribution < 1.29 is 9.53 Å². The lowest BCUT2D eigenvalue weighted by Crippen LogP contribution is -2.23. The number of aromatic nitrogens is 2. The van der Waals surface area contributed by atoms with Crippen LogP contribution in [0, 0.1) is 0 Å². The number of carbonyl (C=O) groups is 1. The lowest BCUT2D eigenvalue weighted by atomic mass is 10.2. The zero-order valence-electron chi connectivity index (χ0n) is 12.3. The molecule has 0 amide bonds. The van der Waals surface area contributed by atoms with Gasteiger partial charge in [-0.25, -0.2) is 4.98 Å². The Morgan fingerprint density at radius 3 is 2.86 bits per heavy atom. The maximum absolute atomic E-state index is 12.3. The first-order valence-electron chi connectivity index (χ1n) is 6.83. The number of esters is 1. The van der Waals surface area contributed by atoms with Gasteiger partial charge in [-0.15, -0.1) is 0 Å². The van der Waals surface area contributed by atoms with E-state index in [1.54, 1.807) is 26.1 Å². The van der Waals surface area contributed by atoms with Gasteiger partial charge in [0.05, 0.1) is 17.5 Å². The second-order valence-electron chi connectivity index (χ2n) is 4.70. The molecule has 0 fully saturated rings. The molecule has 0 bridgehead atoms. The van der Waals surface area contributed by atoms with Crippen LogP contribution in [0.5, 0.6) is 0 Å². The molecule has 0 radical (unpaired) electrons. The van der Waals surface area contributed by atoms with Crippen LogP contribution in [0.25, 0.3) is 10.9 Å². The molecule has 1 aromatic carbocycles. The van der Waals surface area contributed by atoms with Gasteiger partial charge in [0.15, 0.2) is 5.16 Å². The maximum Gasteiger partial charge on any atom is 0.319 e. The van der Waals surface area contributed by atoms with E-state index >= 15 is 0 Å². The molecule has 1 aromatic heterocycles. The molecule has 0 aliphatic rings. The quantitative estimate of drug-likeness (QED) is 0.482. The Bertz CT molecular complexity index is 712. The molecule has 21 heavy (non-hydrogen) atoms. The Kier molecular flexibility index (Phi) is 5.01. The Hall–Kier alpha value is -1.82. The fraction of sp³-hybridized carbons (Fsp3) is 0.400. The lowest BCUT2D eigenvalue weighted by molar-refractivity contribution is -0.142. The molecule has 1 unspecified atom stereocenters. The van der Waals surface area contributed by atoms with Crippen molar-refractivity contribution in [3.05, 3.63) is 34.6 Å². The van der Waals surface area contributed by atoms with Crippen LogP contribution in [0.2, 0.25) is 0 Å². The monoisotopic (exact) mass is 306 g/mol. The molecule has 5 nitrogen and oxygen atoms in total. The summed E-state index contributed by atoms with van der Waals surface area (Å²) in [4.78, 5) is 28.5. The van der Waals surface area contributed by atoms with E-state index in [1.807, 2.05) is 19.1 Å². The third-order valence-corrected chi connectivity index (χ3v) is 4.13. The first kappa shape index (κ1) is 15.6. The summed E-state index contributed by atoms with van der Waals surface area (Å²) in [5.41, 5.74) is 0.523. The number of rotatable bonds is 5. The topological polar surface area (TPSA) is 61.2 Å². The van der Waals surface area contributed by atoms with E-state index in [0.717, 1.165) is 6.42 Å². The van der Waals surface area contributed by atoms with Crippen molar-refractivity contribution in [3.63, 3.8) is 0 Å². The molecule has 1 heterocycles. The molecule has 0 aliphatic heterocycles. The molecule has 2 rings (SSSR count). The van der Waals surface area contributed by atoms with Gasteiger partial charge in [0, 0.05) is 7.05 Å². The number of hydrogen-bond donors (Lipinski definition) is 0. The molecule has 0 aliphatic carbocycles. The summed E-state index contributed by atoms with van der Waals surface area (Å²) < 4.78 is 6.58. The van der Waals surface area contributed by atoms with E-state index in [0.29, 0.717) is 22.7 Å². The highest BCUT2D eigenvalue weighted by Crippen LogP contribution is 2.22. The van der Waals surface area contributed by atoms with Gasteiger partial charge in [0.2, 0.25) is 0 Å². The van der Waals surface area contributed by atoms with E-state index in [-0.39, 0.29) is 11.5 Å². The second kappa shape index (κ2) is 6.76. The van der Waals surface area contributed by atoms with Crippen LogP contribution in [0.4, 0.5) is 0 Å². The number of para-hydroxylation sites is 1. The highest BCUT2D eigenvalue weighted by molar-refractivity contribution is 8.00. The standard InChI is InChI=1S/C15H18N2O3S/c1-4-9-20-14(19)10(2)21-15-16-12-8-6-5-7-11(12)13(18)17(15)3/h5-8,10H,4,9H2,1-3H3. The van der Waals surface area contributed by atoms with E-state index in [4.69, 9.17) is 4.74 Å². The lowest BCUT2D eigenvalue weighted by Gasteiger charge is -2.13. The van der Waals surface area contributed by atoms with Gasteiger partial charge >= 0.3 is 5.97 Å². The maximum atomic E-state index is 12.3. The van der Waals surface area contributed by atoms with E-state index in [9.17, 15) is 9.59 Å². The van der Waals surface area contributed by atoms with Crippen LogP contribution >= 0.6 is 11.8 Å². The summed E-state index contributed by atoms with van der Waals surface area (Å²) >= 11 is 1.24. The van der Waals surface area contributed by atoms with Crippen LogP contribution < -0.4 is 5.56 Å². The SMILES string of the molecule is CCCOC(=O)C(C)Sc1nc2ccccc2c(=O)n1C. The first-order valence-corrected chi connectivity index (χ1v) is 7.71. The molecule has 2 aromatic rings. The summed E-state index contributed by atoms with van der Waals surface area (Å²) in [6.45, 7) is 4.11. The van der Waals surface area contributed by atoms with Crippen molar-refractivity contribution in [2.45, 2.75) is 30.7 Å². The number of nitrogens with zero attached hydrogens (tertiary/aromatic N) is 2. The van der Waals surface area contributed by atoms with Crippen molar-refractivity contribution >= 4 is 28.6 Å². The Balaban J connectivity index is 2.28. The zero-order valence-corrected chi connectivity index (χ0v) is 13.1. The summed E-state index contributed by atoms with van der Waals surface area (Å²) in [6, 6.07) is 7.18. The van der Waals surface area contributed by atoms with Crippen LogP contribution in [0.15, 0.2) is 34.2 Å². The summed E-state index contributed by atoms with van der Waals surface area (Å²) in [7, 11) is 1.66. The zero-order chi connectivity index (χ0) is 15.4. The largest absolute Gasteiger partial charge is 0.465 e. The minimum Gasteiger partial charge on any atom is -0.465 e. The number of ether oxygens (including phenoxy) is 1. The average Bonchev–Trinajstić information content (AvgIpc) is 2.49. The average molecular weight is 306 g/mol. The number of hydrogen-bond acceptors (Lipinski definition) is 5. The van der Waals surface area contributed by atoms with Crippen LogP contribution in [0.1, 0.15) is 20.3 Å². The van der Waals surface area contributed by atoms with E-state index in [2.05, 4.69) is 4.98 Å². The van der Waals surface area contributed by atoms with Crippen molar-refractivity contribution in [1.29, 1.82) is 0 Å². The van der Waals surface area contributed by atoms with Gasteiger partial charge in [-0.3, -0.25) is 14.2 Å². The van der Waals surface area contributed by atoms with Gasteiger partial charge < -0.3 is 4.74 Å². The summed E-state index contributed by atoms with van der Waals surface area (Å²) in [5.74, 6) is -0.288. The fourth-order valence-electron chi connectivity index (χ4n) is 1.83. The molecular weight excluding hydrogens is 288 g/mol. The number of fused-ring (bicyclic) bond motifs is 1. The van der Waals surface area contributed by atoms with Crippen molar-refractivity contribution in [3.8, 4) is 0 Å². The normalized spacial score (nSPS) is 12.3. The van der Waals surface area contributed by atoms with Crippen LogP contribution in [0.3, 0.4) is 0 Å². The van der Waals surface area contributed by atoms with E-state index < -0.39 is 5.25 Å². The van der Waals surface area contributed by atoms with Crippen LogP contribution in [-0.2, 0) is 16.6 Å².